The summed E-state index contributed by atoms with van der Waals surface area (Å²) in [5.74, 6) is -0.521. The van der Waals surface area contributed by atoms with Gasteiger partial charge in [0.2, 0.25) is 11.8 Å². The zero-order chi connectivity index (χ0) is 16.5. The molecule has 3 aliphatic heterocycles. The van der Waals surface area contributed by atoms with Gasteiger partial charge in [-0.15, -0.1) is 0 Å². The molecule has 6 heteroatoms. The predicted octanol–water partition coefficient (Wildman–Crippen LogP) is 0.301. The molecule has 6 nitrogen and oxygen atoms in total. The summed E-state index contributed by atoms with van der Waals surface area (Å²) in [6.45, 7) is 6.55. The molecular formula is C18H24N4O2. The van der Waals surface area contributed by atoms with E-state index in [-0.39, 0.29) is 17.7 Å². The average Bonchev–Trinajstić information content (AvgIpc) is 2.55. The fourth-order valence-electron chi connectivity index (χ4n) is 3.89. The third-order valence-electron chi connectivity index (χ3n) is 5.41. The van der Waals surface area contributed by atoms with Crippen LogP contribution in [0, 0.1) is 0 Å². The molecule has 0 saturated carbocycles. The Labute approximate surface area is 142 Å². The molecule has 3 fully saturated rings. The van der Waals surface area contributed by atoms with E-state index < -0.39 is 0 Å². The van der Waals surface area contributed by atoms with Gasteiger partial charge in [-0.05, 0) is 24.1 Å². The van der Waals surface area contributed by atoms with Crippen molar-refractivity contribution in [2.75, 3.05) is 44.2 Å². The first-order valence-electron chi connectivity index (χ1n) is 8.84. The molecule has 1 atom stereocenters. The fourth-order valence-corrected chi connectivity index (χ4v) is 3.89. The molecule has 1 aromatic rings. The molecule has 0 radical (unpaired) electrons. The highest BCUT2D eigenvalue weighted by Crippen LogP contribution is 2.30. The Kier molecular flexibility index (Phi) is 4.24. The van der Waals surface area contributed by atoms with Crippen LogP contribution in [0.3, 0.4) is 0 Å². The number of amides is 2. The Morgan fingerprint density at radius 2 is 1.88 bits per heavy atom. The van der Waals surface area contributed by atoms with Crippen LogP contribution in [-0.4, -0.2) is 62.0 Å². The van der Waals surface area contributed by atoms with E-state index in [1.54, 1.807) is 0 Å². The fraction of sp³-hybridized carbons (Fsp3) is 0.556. The van der Waals surface area contributed by atoms with Crippen molar-refractivity contribution in [2.24, 2.45) is 0 Å². The molecule has 0 bridgehead atoms. The van der Waals surface area contributed by atoms with E-state index in [9.17, 15) is 9.59 Å². The Bertz CT molecular complexity index is 636. The van der Waals surface area contributed by atoms with Gasteiger partial charge in [0.15, 0.2) is 0 Å². The maximum Gasteiger partial charge on any atom is 0.234 e. The number of imide groups is 1. The molecule has 2 N–H and O–H groups in total. The zero-order valence-corrected chi connectivity index (χ0v) is 13.8. The van der Waals surface area contributed by atoms with Crippen LogP contribution in [0.1, 0.15) is 24.3 Å². The van der Waals surface area contributed by atoms with Crippen molar-refractivity contribution in [1.82, 2.24) is 15.5 Å². The van der Waals surface area contributed by atoms with Crippen molar-refractivity contribution in [3.63, 3.8) is 0 Å². The second-order valence-corrected chi connectivity index (χ2v) is 6.94. The monoisotopic (exact) mass is 328 g/mol. The summed E-state index contributed by atoms with van der Waals surface area (Å²) >= 11 is 0. The van der Waals surface area contributed by atoms with Gasteiger partial charge in [0, 0.05) is 57.4 Å². The Balaban J connectivity index is 1.40. The quantitative estimate of drug-likeness (QED) is 0.782. The molecule has 0 aliphatic carbocycles. The number of hydrogen-bond donors (Lipinski definition) is 2. The van der Waals surface area contributed by atoms with Crippen LogP contribution in [0.15, 0.2) is 24.3 Å². The third-order valence-corrected chi connectivity index (χ3v) is 5.41. The minimum Gasteiger partial charge on any atom is -0.368 e. The van der Waals surface area contributed by atoms with Gasteiger partial charge in [0.05, 0.1) is 5.92 Å². The summed E-state index contributed by atoms with van der Waals surface area (Å²) in [5.41, 5.74) is 2.20. The van der Waals surface area contributed by atoms with E-state index in [1.807, 2.05) is 12.1 Å². The average molecular weight is 328 g/mol. The molecule has 24 heavy (non-hydrogen) atoms. The van der Waals surface area contributed by atoms with Crippen molar-refractivity contribution in [3.05, 3.63) is 29.8 Å². The molecule has 4 rings (SSSR count). The van der Waals surface area contributed by atoms with Crippen molar-refractivity contribution in [1.29, 1.82) is 0 Å². The number of carbonyl (C=O) groups is 2. The van der Waals surface area contributed by atoms with Gasteiger partial charge in [-0.25, -0.2) is 0 Å². The van der Waals surface area contributed by atoms with Crippen LogP contribution < -0.4 is 15.5 Å². The second-order valence-electron chi connectivity index (χ2n) is 6.94. The summed E-state index contributed by atoms with van der Waals surface area (Å²) < 4.78 is 0. The predicted molar refractivity (Wildman–Crippen MR) is 92.0 cm³/mol. The molecule has 128 valence electrons. The highest BCUT2D eigenvalue weighted by Gasteiger charge is 2.33. The first kappa shape index (κ1) is 15.6. The van der Waals surface area contributed by atoms with Crippen LogP contribution in [0.25, 0.3) is 0 Å². The molecule has 3 saturated heterocycles. The molecule has 1 aromatic carbocycles. The highest BCUT2D eigenvalue weighted by molar-refractivity contribution is 6.01. The first-order chi connectivity index (χ1) is 11.7. The number of nitrogens with zero attached hydrogens (tertiary/aromatic N) is 2. The van der Waals surface area contributed by atoms with Gasteiger partial charge >= 0.3 is 0 Å². The Hall–Kier alpha value is -1.92. The van der Waals surface area contributed by atoms with E-state index in [2.05, 4.69) is 32.6 Å². The standard InChI is InChI=1S/C18H24N4O2/c23-17-5-4-16(18(24)20-17)13-2-1-3-14(10-13)22-11-15(12-22)21-8-6-19-7-9-21/h1-3,10,15-16,19H,4-9,11-12H2,(H,20,23,24). The normalized spacial score (nSPS) is 26.2. The number of benzene rings is 1. The second kappa shape index (κ2) is 6.53. The summed E-state index contributed by atoms with van der Waals surface area (Å²) in [6.07, 6.45) is 1.03. The number of carbonyl (C=O) groups excluding carboxylic acids is 2. The minimum absolute atomic E-state index is 0.158. The third kappa shape index (κ3) is 3.03. The lowest BCUT2D eigenvalue weighted by Gasteiger charge is -2.48. The smallest absolute Gasteiger partial charge is 0.234 e. The van der Waals surface area contributed by atoms with Crippen LogP contribution in [0.2, 0.25) is 0 Å². The number of piperazine rings is 1. The van der Waals surface area contributed by atoms with E-state index in [0.29, 0.717) is 18.9 Å². The Morgan fingerprint density at radius 3 is 2.62 bits per heavy atom. The number of rotatable bonds is 3. The van der Waals surface area contributed by atoms with Crippen LogP contribution in [0.4, 0.5) is 5.69 Å². The highest BCUT2D eigenvalue weighted by atomic mass is 16.2. The van der Waals surface area contributed by atoms with E-state index in [0.717, 1.165) is 44.8 Å². The molecule has 0 aromatic heterocycles. The summed E-state index contributed by atoms with van der Waals surface area (Å²) in [6, 6.07) is 8.90. The lowest BCUT2D eigenvalue weighted by atomic mass is 9.90. The summed E-state index contributed by atoms with van der Waals surface area (Å²) in [4.78, 5) is 28.3. The van der Waals surface area contributed by atoms with E-state index >= 15 is 0 Å². The number of hydrogen-bond acceptors (Lipinski definition) is 5. The van der Waals surface area contributed by atoms with E-state index in [1.165, 1.54) is 5.69 Å². The van der Waals surface area contributed by atoms with Gasteiger partial charge in [-0.3, -0.25) is 19.8 Å². The van der Waals surface area contributed by atoms with Crippen LogP contribution >= 0.6 is 0 Å². The van der Waals surface area contributed by atoms with E-state index in [4.69, 9.17) is 0 Å². The maximum absolute atomic E-state index is 12.1. The molecule has 1 unspecified atom stereocenters. The summed E-state index contributed by atoms with van der Waals surface area (Å²) in [7, 11) is 0. The molecule has 0 spiro atoms. The number of piperidine rings is 1. The lowest BCUT2D eigenvalue weighted by Crippen LogP contribution is -2.62. The van der Waals surface area contributed by atoms with Crippen LogP contribution in [0.5, 0.6) is 0 Å². The zero-order valence-electron chi connectivity index (χ0n) is 13.8. The lowest BCUT2D eigenvalue weighted by molar-refractivity contribution is -0.134. The van der Waals surface area contributed by atoms with Crippen molar-refractivity contribution in [2.45, 2.75) is 24.8 Å². The van der Waals surface area contributed by atoms with Gasteiger partial charge in [0.1, 0.15) is 0 Å². The SMILES string of the molecule is O=C1CCC(c2cccc(N3CC(N4CCNCC4)C3)c2)C(=O)N1. The molecule has 3 aliphatic rings. The number of anilines is 1. The summed E-state index contributed by atoms with van der Waals surface area (Å²) in [5, 5.41) is 5.85. The largest absolute Gasteiger partial charge is 0.368 e. The topological polar surface area (TPSA) is 64.7 Å². The van der Waals surface area contributed by atoms with Gasteiger partial charge in [0.25, 0.3) is 0 Å². The van der Waals surface area contributed by atoms with Crippen molar-refractivity contribution in [3.8, 4) is 0 Å². The molecular weight excluding hydrogens is 304 g/mol. The maximum atomic E-state index is 12.1. The first-order valence-corrected chi connectivity index (χ1v) is 8.84. The van der Waals surface area contributed by atoms with Crippen molar-refractivity contribution >= 4 is 17.5 Å². The van der Waals surface area contributed by atoms with Gasteiger partial charge in [-0.2, -0.15) is 0 Å². The van der Waals surface area contributed by atoms with Gasteiger partial charge < -0.3 is 10.2 Å². The van der Waals surface area contributed by atoms with Gasteiger partial charge in [-0.1, -0.05) is 12.1 Å². The van der Waals surface area contributed by atoms with Crippen LogP contribution in [-0.2, 0) is 9.59 Å². The van der Waals surface area contributed by atoms with Crippen molar-refractivity contribution < 1.29 is 9.59 Å². The Morgan fingerprint density at radius 1 is 1.08 bits per heavy atom. The minimum atomic E-state index is -0.201. The molecule has 3 heterocycles. The number of nitrogens with one attached hydrogen (secondary N) is 2. The molecule has 2 amide bonds.